The van der Waals surface area contributed by atoms with E-state index in [0.29, 0.717) is 6.04 Å². The Bertz CT molecular complexity index is 374. The van der Waals surface area contributed by atoms with E-state index in [1.165, 1.54) is 6.92 Å². The molecule has 4 atom stereocenters. The van der Waals surface area contributed by atoms with Crippen LogP contribution >= 0.6 is 0 Å². The molecule has 0 aliphatic carbocycles. The van der Waals surface area contributed by atoms with Crippen LogP contribution in [0.15, 0.2) is 0 Å². The standard InChI is InChI=1S/C13H22N2O5/c1-7(2)18-13(17)20-8(3)19-12(16)11-9-4-5-14-10(9)6-15-11/h7-11,14-15H,4-6H2,1-3H3/t8?,9-,10-,11+/m0/s1. The highest BCUT2D eigenvalue weighted by atomic mass is 16.8. The SMILES string of the molecule is CC(C)OC(=O)OC(C)OC(=O)[C@@H]1NC[C@@H]2NCC[C@@H]21. The van der Waals surface area contributed by atoms with Crippen LogP contribution < -0.4 is 10.6 Å². The van der Waals surface area contributed by atoms with E-state index in [4.69, 9.17) is 14.2 Å². The zero-order chi connectivity index (χ0) is 14.7. The lowest BCUT2D eigenvalue weighted by atomic mass is 9.97. The lowest BCUT2D eigenvalue weighted by Gasteiger charge is -2.20. The number of hydrogen-bond donors (Lipinski definition) is 2. The molecule has 20 heavy (non-hydrogen) atoms. The molecule has 7 heteroatoms. The maximum Gasteiger partial charge on any atom is 0.511 e. The molecule has 0 saturated carbocycles. The molecule has 2 aliphatic rings. The summed E-state index contributed by atoms with van der Waals surface area (Å²) in [5, 5.41) is 6.48. The first-order chi connectivity index (χ1) is 9.47. The quantitative estimate of drug-likeness (QED) is 0.571. The van der Waals surface area contributed by atoms with Gasteiger partial charge < -0.3 is 24.8 Å². The lowest BCUT2D eigenvalue weighted by molar-refractivity contribution is -0.171. The fourth-order valence-electron chi connectivity index (χ4n) is 2.69. The molecule has 0 aromatic heterocycles. The van der Waals surface area contributed by atoms with Gasteiger partial charge in [0.15, 0.2) is 0 Å². The van der Waals surface area contributed by atoms with Crippen molar-refractivity contribution in [3.63, 3.8) is 0 Å². The molecule has 2 saturated heterocycles. The van der Waals surface area contributed by atoms with Crippen molar-refractivity contribution in [3.8, 4) is 0 Å². The summed E-state index contributed by atoms with van der Waals surface area (Å²) < 4.78 is 14.8. The second-order valence-electron chi connectivity index (χ2n) is 5.44. The van der Waals surface area contributed by atoms with Crippen LogP contribution in [0, 0.1) is 5.92 Å². The van der Waals surface area contributed by atoms with Gasteiger partial charge in [0.1, 0.15) is 6.04 Å². The summed E-state index contributed by atoms with van der Waals surface area (Å²) in [4.78, 5) is 23.3. The van der Waals surface area contributed by atoms with Crippen LogP contribution in [0.1, 0.15) is 27.2 Å². The van der Waals surface area contributed by atoms with Gasteiger partial charge in [-0.1, -0.05) is 0 Å². The molecule has 0 aromatic rings. The highest BCUT2D eigenvalue weighted by Crippen LogP contribution is 2.25. The van der Waals surface area contributed by atoms with E-state index in [1.807, 2.05) is 0 Å². The van der Waals surface area contributed by atoms with Crippen LogP contribution in [0.4, 0.5) is 4.79 Å². The molecule has 0 radical (unpaired) electrons. The first-order valence-electron chi connectivity index (χ1n) is 7.02. The Morgan fingerprint density at radius 3 is 2.55 bits per heavy atom. The third-order valence-corrected chi connectivity index (χ3v) is 3.52. The summed E-state index contributed by atoms with van der Waals surface area (Å²) in [6, 6.07) is -0.00292. The topological polar surface area (TPSA) is 85.9 Å². The molecule has 7 nitrogen and oxygen atoms in total. The predicted octanol–water partition coefficient (Wildman–Crippen LogP) is 0.387. The number of carbonyl (C=O) groups excluding carboxylic acids is 2. The van der Waals surface area contributed by atoms with E-state index in [1.54, 1.807) is 13.8 Å². The number of esters is 1. The summed E-state index contributed by atoms with van der Waals surface area (Å²) in [6.45, 7) is 6.61. The smallest absolute Gasteiger partial charge is 0.431 e. The number of rotatable bonds is 4. The number of nitrogens with one attached hydrogen (secondary N) is 2. The van der Waals surface area contributed by atoms with Crippen molar-refractivity contribution in [2.75, 3.05) is 13.1 Å². The van der Waals surface area contributed by atoms with E-state index in [2.05, 4.69) is 10.6 Å². The van der Waals surface area contributed by atoms with Crippen LogP contribution in [0.3, 0.4) is 0 Å². The fraction of sp³-hybridized carbons (Fsp3) is 0.846. The highest BCUT2D eigenvalue weighted by molar-refractivity contribution is 5.77. The van der Waals surface area contributed by atoms with Gasteiger partial charge in [0, 0.05) is 25.4 Å². The summed E-state index contributed by atoms with van der Waals surface area (Å²) in [6.07, 6.45) is -1.11. The summed E-state index contributed by atoms with van der Waals surface area (Å²) >= 11 is 0. The van der Waals surface area contributed by atoms with Crippen LogP contribution in [0.5, 0.6) is 0 Å². The van der Waals surface area contributed by atoms with E-state index in [9.17, 15) is 9.59 Å². The molecule has 0 amide bonds. The van der Waals surface area contributed by atoms with Crippen LogP contribution in [-0.4, -0.2) is 49.7 Å². The van der Waals surface area contributed by atoms with Gasteiger partial charge in [-0.2, -0.15) is 0 Å². The van der Waals surface area contributed by atoms with Crippen LogP contribution in [0.25, 0.3) is 0 Å². The summed E-state index contributed by atoms with van der Waals surface area (Å²) in [5.74, 6) is -0.136. The Kier molecular flexibility index (Phi) is 4.82. The van der Waals surface area contributed by atoms with Crippen LogP contribution in [-0.2, 0) is 19.0 Å². The van der Waals surface area contributed by atoms with Gasteiger partial charge in [0.2, 0.25) is 6.29 Å². The van der Waals surface area contributed by atoms with Gasteiger partial charge >= 0.3 is 12.1 Å². The van der Waals surface area contributed by atoms with Gasteiger partial charge in [-0.05, 0) is 26.8 Å². The highest BCUT2D eigenvalue weighted by Gasteiger charge is 2.43. The Labute approximate surface area is 118 Å². The van der Waals surface area contributed by atoms with E-state index >= 15 is 0 Å². The normalized spacial score (nSPS) is 29.9. The third kappa shape index (κ3) is 3.61. The van der Waals surface area contributed by atoms with Crippen molar-refractivity contribution in [2.45, 2.75) is 51.7 Å². The minimum absolute atomic E-state index is 0.248. The molecule has 2 rings (SSSR count). The van der Waals surface area contributed by atoms with E-state index in [-0.39, 0.29) is 24.0 Å². The average Bonchev–Trinajstić information content (AvgIpc) is 2.87. The fourth-order valence-corrected chi connectivity index (χ4v) is 2.69. The van der Waals surface area contributed by atoms with Crippen LogP contribution in [0.2, 0.25) is 0 Å². The maximum absolute atomic E-state index is 12.1. The minimum atomic E-state index is -0.955. The number of hydrogen-bond acceptors (Lipinski definition) is 7. The van der Waals surface area contributed by atoms with Crippen molar-refractivity contribution in [2.24, 2.45) is 5.92 Å². The van der Waals surface area contributed by atoms with Gasteiger partial charge in [0.25, 0.3) is 0 Å². The zero-order valence-corrected chi connectivity index (χ0v) is 12.0. The Hall–Kier alpha value is -1.34. The Morgan fingerprint density at radius 1 is 1.10 bits per heavy atom. The minimum Gasteiger partial charge on any atom is -0.431 e. The maximum atomic E-state index is 12.1. The number of ether oxygens (including phenoxy) is 3. The van der Waals surface area contributed by atoms with Gasteiger partial charge in [0.05, 0.1) is 6.10 Å². The van der Waals surface area contributed by atoms with E-state index in [0.717, 1.165) is 19.5 Å². The summed E-state index contributed by atoms with van der Waals surface area (Å²) in [7, 11) is 0. The third-order valence-electron chi connectivity index (χ3n) is 3.52. The van der Waals surface area contributed by atoms with Crippen molar-refractivity contribution >= 4 is 12.1 Å². The van der Waals surface area contributed by atoms with Gasteiger partial charge in [-0.15, -0.1) is 0 Å². The first-order valence-corrected chi connectivity index (χ1v) is 7.02. The molecular weight excluding hydrogens is 264 g/mol. The monoisotopic (exact) mass is 286 g/mol. The molecule has 2 aliphatic heterocycles. The van der Waals surface area contributed by atoms with Gasteiger partial charge in [-0.25, -0.2) is 4.79 Å². The average molecular weight is 286 g/mol. The van der Waals surface area contributed by atoms with Crippen molar-refractivity contribution in [1.29, 1.82) is 0 Å². The molecule has 2 fully saturated rings. The van der Waals surface area contributed by atoms with Gasteiger partial charge in [-0.3, -0.25) is 4.79 Å². The molecular formula is C13H22N2O5. The molecule has 2 heterocycles. The Balaban J connectivity index is 1.78. The molecule has 114 valence electrons. The molecule has 0 spiro atoms. The molecule has 0 bridgehead atoms. The van der Waals surface area contributed by atoms with Crippen molar-refractivity contribution in [1.82, 2.24) is 10.6 Å². The van der Waals surface area contributed by atoms with Crippen molar-refractivity contribution < 1.29 is 23.8 Å². The molecule has 2 N–H and O–H groups in total. The number of carbonyl (C=O) groups is 2. The predicted molar refractivity (Wildman–Crippen MR) is 69.9 cm³/mol. The second kappa shape index (κ2) is 6.41. The lowest BCUT2D eigenvalue weighted by Crippen LogP contribution is -2.39. The zero-order valence-electron chi connectivity index (χ0n) is 12.0. The first kappa shape index (κ1) is 15.1. The summed E-state index contributed by atoms with van der Waals surface area (Å²) in [5.41, 5.74) is 0. The molecule has 0 aromatic carbocycles. The molecule has 1 unspecified atom stereocenters. The Morgan fingerprint density at radius 2 is 1.85 bits per heavy atom. The largest absolute Gasteiger partial charge is 0.511 e. The number of fused-ring (bicyclic) bond motifs is 1. The van der Waals surface area contributed by atoms with E-state index < -0.39 is 12.4 Å². The second-order valence-corrected chi connectivity index (χ2v) is 5.44. The van der Waals surface area contributed by atoms with Crippen molar-refractivity contribution in [3.05, 3.63) is 0 Å².